The first-order valence-corrected chi connectivity index (χ1v) is 3.42. The Kier molecular flexibility index (Phi) is 3.82. The Labute approximate surface area is 57.5 Å². The van der Waals surface area contributed by atoms with Gasteiger partial charge in [0.15, 0.2) is 0 Å². The highest BCUT2D eigenvalue weighted by Crippen LogP contribution is 2.09. The van der Waals surface area contributed by atoms with E-state index < -0.39 is 0 Å². The maximum Gasteiger partial charge on any atom is 0.0572 e. The lowest BCUT2D eigenvalue weighted by molar-refractivity contribution is 0.0235. The van der Waals surface area contributed by atoms with E-state index in [1.165, 1.54) is 6.42 Å². The predicted molar refractivity (Wildman–Crippen MR) is 39.1 cm³/mol. The summed E-state index contributed by atoms with van der Waals surface area (Å²) in [7, 11) is 1.65. The van der Waals surface area contributed by atoms with Crippen LogP contribution in [0.2, 0.25) is 0 Å². The Morgan fingerprint density at radius 2 is 2.00 bits per heavy atom. The molecule has 0 rings (SSSR count). The molecule has 0 saturated carbocycles. The molecule has 0 spiro atoms. The molecule has 0 atom stereocenters. The van der Waals surface area contributed by atoms with Crippen LogP contribution in [-0.4, -0.2) is 12.6 Å². The predicted octanol–water partition coefficient (Wildman–Crippen LogP) is 1.72. The van der Waals surface area contributed by atoms with E-state index >= 15 is 0 Å². The Hall–Kier alpha value is -0.0800. The molecule has 0 bridgehead atoms. The Morgan fingerprint density at radius 3 is 2.33 bits per heavy atom. The number of hydroxylamine groups is 1. The van der Waals surface area contributed by atoms with Crippen molar-refractivity contribution in [2.45, 2.75) is 39.2 Å². The molecule has 0 aromatic rings. The van der Waals surface area contributed by atoms with Gasteiger partial charge in [0.05, 0.1) is 7.11 Å². The smallest absolute Gasteiger partial charge is 0.0572 e. The zero-order valence-corrected chi connectivity index (χ0v) is 6.82. The molecule has 0 aliphatic heterocycles. The number of hydrogen-bond donors (Lipinski definition) is 1. The third kappa shape index (κ3) is 4.43. The molecule has 1 N–H and O–H groups in total. The second-order valence-corrected chi connectivity index (χ2v) is 2.94. The highest BCUT2D eigenvalue weighted by molar-refractivity contribution is 4.71. The van der Waals surface area contributed by atoms with E-state index in [0.717, 1.165) is 6.42 Å². The molecule has 0 radical (unpaired) electrons. The van der Waals surface area contributed by atoms with E-state index in [2.05, 4.69) is 26.3 Å². The van der Waals surface area contributed by atoms with Gasteiger partial charge in [0.25, 0.3) is 0 Å². The molecule has 0 heterocycles. The third-order valence-corrected chi connectivity index (χ3v) is 1.25. The molecule has 0 amide bonds. The van der Waals surface area contributed by atoms with E-state index in [0.29, 0.717) is 0 Å². The first-order chi connectivity index (χ1) is 4.12. The maximum atomic E-state index is 4.81. The van der Waals surface area contributed by atoms with E-state index in [1.807, 2.05) is 0 Å². The van der Waals surface area contributed by atoms with Crippen LogP contribution in [0.5, 0.6) is 0 Å². The number of rotatable bonds is 4. The van der Waals surface area contributed by atoms with Crippen LogP contribution in [0.1, 0.15) is 33.6 Å². The SMILES string of the molecule is CCCC(C)(C)NOC. The van der Waals surface area contributed by atoms with E-state index in [9.17, 15) is 0 Å². The Morgan fingerprint density at radius 1 is 1.44 bits per heavy atom. The van der Waals surface area contributed by atoms with E-state index in [1.54, 1.807) is 7.11 Å². The van der Waals surface area contributed by atoms with Crippen molar-refractivity contribution in [1.82, 2.24) is 5.48 Å². The van der Waals surface area contributed by atoms with Crippen LogP contribution in [0.25, 0.3) is 0 Å². The van der Waals surface area contributed by atoms with Crippen LogP contribution in [0.3, 0.4) is 0 Å². The summed E-state index contributed by atoms with van der Waals surface area (Å²) in [4.78, 5) is 4.81. The van der Waals surface area contributed by atoms with Gasteiger partial charge in [0.2, 0.25) is 0 Å². The zero-order chi connectivity index (χ0) is 7.33. The summed E-state index contributed by atoms with van der Waals surface area (Å²) in [6, 6.07) is 0. The van der Waals surface area contributed by atoms with Gasteiger partial charge in [0.1, 0.15) is 0 Å². The van der Waals surface area contributed by atoms with Gasteiger partial charge in [-0.1, -0.05) is 13.3 Å². The first kappa shape index (κ1) is 8.92. The molecule has 2 nitrogen and oxygen atoms in total. The molecule has 0 aromatic heterocycles. The first-order valence-electron chi connectivity index (χ1n) is 3.42. The van der Waals surface area contributed by atoms with Crippen LogP contribution in [-0.2, 0) is 4.84 Å². The van der Waals surface area contributed by atoms with Crippen molar-refractivity contribution in [2.75, 3.05) is 7.11 Å². The summed E-state index contributed by atoms with van der Waals surface area (Å²) in [5.74, 6) is 0. The standard InChI is InChI=1S/C7H17NO/c1-5-6-7(2,3)8-9-4/h8H,5-6H2,1-4H3. The third-order valence-electron chi connectivity index (χ3n) is 1.25. The average Bonchev–Trinajstić information content (AvgIpc) is 1.64. The van der Waals surface area contributed by atoms with Crippen molar-refractivity contribution < 1.29 is 4.84 Å². The van der Waals surface area contributed by atoms with Crippen LogP contribution in [0.4, 0.5) is 0 Å². The largest absolute Gasteiger partial charge is 0.305 e. The monoisotopic (exact) mass is 131 g/mol. The van der Waals surface area contributed by atoms with Crippen LogP contribution >= 0.6 is 0 Å². The summed E-state index contributed by atoms with van der Waals surface area (Å²) in [6.07, 6.45) is 2.32. The summed E-state index contributed by atoms with van der Waals surface area (Å²) in [5, 5.41) is 0. The molecular weight excluding hydrogens is 114 g/mol. The molecule has 56 valence electrons. The quantitative estimate of drug-likeness (QED) is 0.586. The van der Waals surface area contributed by atoms with Crippen molar-refractivity contribution in [3.63, 3.8) is 0 Å². The summed E-state index contributed by atoms with van der Waals surface area (Å²) < 4.78 is 0. The summed E-state index contributed by atoms with van der Waals surface area (Å²) >= 11 is 0. The van der Waals surface area contributed by atoms with Crippen LogP contribution < -0.4 is 5.48 Å². The lowest BCUT2D eigenvalue weighted by atomic mass is 10.0. The van der Waals surface area contributed by atoms with Crippen LogP contribution in [0, 0.1) is 0 Å². The lowest BCUT2D eigenvalue weighted by Crippen LogP contribution is -2.37. The number of hydrogen-bond acceptors (Lipinski definition) is 2. The minimum Gasteiger partial charge on any atom is -0.305 e. The maximum absolute atomic E-state index is 4.81. The average molecular weight is 131 g/mol. The highest BCUT2D eigenvalue weighted by atomic mass is 16.6. The van der Waals surface area contributed by atoms with Crippen LogP contribution in [0.15, 0.2) is 0 Å². The minimum atomic E-state index is 0.128. The molecule has 2 heteroatoms. The number of nitrogens with one attached hydrogen (secondary N) is 1. The van der Waals surface area contributed by atoms with Crippen molar-refractivity contribution in [2.24, 2.45) is 0 Å². The van der Waals surface area contributed by atoms with Gasteiger partial charge in [-0.15, -0.1) is 0 Å². The van der Waals surface area contributed by atoms with Gasteiger partial charge in [-0.2, -0.15) is 5.48 Å². The topological polar surface area (TPSA) is 21.3 Å². The highest BCUT2D eigenvalue weighted by Gasteiger charge is 2.14. The normalized spacial score (nSPS) is 12.0. The molecular formula is C7H17NO. The molecule has 0 aromatic carbocycles. The molecule has 9 heavy (non-hydrogen) atoms. The molecule has 0 aliphatic carbocycles. The van der Waals surface area contributed by atoms with Gasteiger partial charge in [-0.25, -0.2) is 0 Å². The van der Waals surface area contributed by atoms with Gasteiger partial charge in [-0.05, 0) is 20.3 Å². The van der Waals surface area contributed by atoms with Gasteiger partial charge >= 0.3 is 0 Å². The molecule has 0 fully saturated rings. The van der Waals surface area contributed by atoms with Crippen molar-refractivity contribution >= 4 is 0 Å². The van der Waals surface area contributed by atoms with E-state index in [-0.39, 0.29) is 5.54 Å². The fourth-order valence-corrected chi connectivity index (χ4v) is 0.952. The fourth-order valence-electron chi connectivity index (χ4n) is 0.952. The molecule has 0 saturated heterocycles. The summed E-state index contributed by atoms with van der Waals surface area (Å²) in [6.45, 7) is 6.42. The van der Waals surface area contributed by atoms with Crippen molar-refractivity contribution in [1.29, 1.82) is 0 Å². The second kappa shape index (κ2) is 3.85. The van der Waals surface area contributed by atoms with Gasteiger partial charge < -0.3 is 4.84 Å². The Bertz CT molecular complexity index is 63.3. The van der Waals surface area contributed by atoms with Gasteiger partial charge in [-0.3, -0.25) is 0 Å². The fraction of sp³-hybridized carbons (Fsp3) is 1.00. The van der Waals surface area contributed by atoms with E-state index in [4.69, 9.17) is 4.84 Å². The molecule has 0 unspecified atom stereocenters. The second-order valence-electron chi connectivity index (χ2n) is 2.94. The minimum absolute atomic E-state index is 0.128. The Balaban J connectivity index is 3.43. The van der Waals surface area contributed by atoms with Crippen molar-refractivity contribution in [3.05, 3.63) is 0 Å². The summed E-state index contributed by atoms with van der Waals surface area (Å²) in [5.41, 5.74) is 3.05. The van der Waals surface area contributed by atoms with Gasteiger partial charge in [0, 0.05) is 5.54 Å². The van der Waals surface area contributed by atoms with Crippen molar-refractivity contribution in [3.8, 4) is 0 Å². The molecule has 0 aliphatic rings. The lowest BCUT2D eigenvalue weighted by Gasteiger charge is -2.23. The zero-order valence-electron chi connectivity index (χ0n) is 6.82.